The maximum atomic E-state index is 5.29. The van der Waals surface area contributed by atoms with E-state index in [9.17, 15) is 0 Å². The van der Waals surface area contributed by atoms with E-state index in [-0.39, 0.29) is 0 Å². The number of nitrogens with one attached hydrogen (secondary N) is 1. The van der Waals surface area contributed by atoms with E-state index in [2.05, 4.69) is 38.1 Å². The molecule has 84 valence electrons. The first-order valence-electron chi connectivity index (χ1n) is 5.04. The number of halogens is 1. The summed E-state index contributed by atoms with van der Waals surface area (Å²) in [6, 6.07) is 3.67. The van der Waals surface area contributed by atoms with Crippen LogP contribution in [0.2, 0.25) is 0 Å². The number of furan rings is 1. The molecule has 0 unspecified atom stereocenters. The average Bonchev–Trinajstić information content (AvgIpc) is 2.83. The Kier molecular flexibility index (Phi) is 3.24. The molecule has 0 bridgehead atoms. The van der Waals surface area contributed by atoms with Gasteiger partial charge in [-0.3, -0.25) is 0 Å². The Morgan fingerprint density at radius 1 is 1.44 bits per heavy atom. The summed E-state index contributed by atoms with van der Waals surface area (Å²) in [6.45, 7) is 2.05. The molecule has 0 radical (unpaired) electrons. The Bertz CT molecular complexity index is 457. The third-order valence-corrected chi connectivity index (χ3v) is 3.07. The summed E-state index contributed by atoms with van der Waals surface area (Å²) in [4.78, 5) is 8.83. The average molecular weight is 282 g/mol. The van der Waals surface area contributed by atoms with E-state index in [0.29, 0.717) is 11.6 Å². The van der Waals surface area contributed by atoms with Crippen LogP contribution in [0, 0.1) is 0 Å². The fourth-order valence-corrected chi connectivity index (χ4v) is 2.07. The van der Waals surface area contributed by atoms with Crippen molar-refractivity contribution in [1.29, 1.82) is 0 Å². The monoisotopic (exact) mass is 281 g/mol. The van der Waals surface area contributed by atoms with Crippen LogP contribution in [-0.2, 0) is 6.42 Å². The van der Waals surface area contributed by atoms with Crippen molar-refractivity contribution in [2.75, 3.05) is 12.4 Å². The Hall–Kier alpha value is -1.36. The van der Waals surface area contributed by atoms with Gasteiger partial charge in [0, 0.05) is 7.05 Å². The number of aryl methyl sites for hydroxylation is 1. The lowest BCUT2D eigenvalue weighted by molar-refractivity contribution is 0.576. The standard InChI is InChI=1S/C11H12BrN3O/c1-3-7-9(12)11(13-2)15-10(14-7)8-5-4-6-16-8/h4-6H,3H2,1-2H3,(H,13,14,15). The highest BCUT2D eigenvalue weighted by Gasteiger charge is 2.12. The topological polar surface area (TPSA) is 51.0 Å². The molecule has 0 saturated carbocycles. The fraction of sp³-hybridized carbons (Fsp3) is 0.273. The summed E-state index contributed by atoms with van der Waals surface area (Å²) >= 11 is 3.48. The first-order chi connectivity index (χ1) is 7.76. The van der Waals surface area contributed by atoms with Crippen molar-refractivity contribution in [2.45, 2.75) is 13.3 Å². The molecule has 16 heavy (non-hydrogen) atoms. The predicted octanol–water partition coefficient (Wildman–Crippen LogP) is 3.10. The van der Waals surface area contributed by atoms with Crippen LogP contribution in [0.15, 0.2) is 27.3 Å². The quantitative estimate of drug-likeness (QED) is 0.939. The van der Waals surface area contributed by atoms with Crippen LogP contribution in [0.5, 0.6) is 0 Å². The van der Waals surface area contributed by atoms with E-state index >= 15 is 0 Å². The minimum Gasteiger partial charge on any atom is -0.461 e. The molecule has 2 rings (SSSR count). The Labute approximate surface area is 102 Å². The molecule has 0 aliphatic heterocycles. The van der Waals surface area contributed by atoms with Gasteiger partial charge in [0.1, 0.15) is 5.82 Å². The van der Waals surface area contributed by atoms with Gasteiger partial charge in [0.05, 0.1) is 16.4 Å². The van der Waals surface area contributed by atoms with Crippen LogP contribution in [0.25, 0.3) is 11.6 Å². The second-order valence-corrected chi connectivity index (χ2v) is 4.03. The summed E-state index contributed by atoms with van der Waals surface area (Å²) < 4.78 is 6.20. The van der Waals surface area contributed by atoms with Gasteiger partial charge >= 0.3 is 0 Å². The summed E-state index contributed by atoms with van der Waals surface area (Å²) in [5, 5.41) is 3.03. The SMILES string of the molecule is CCc1nc(-c2ccco2)nc(NC)c1Br. The zero-order valence-corrected chi connectivity index (χ0v) is 10.7. The van der Waals surface area contributed by atoms with Gasteiger partial charge in [-0.2, -0.15) is 0 Å². The van der Waals surface area contributed by atoms with Gasteiger partial charge < -0.3 is 9.73 Å². The highest BCUT2D eigenvalue weighted by Crippen LogP contribution is 2.27. The Morgan fingerprint density at radius 3 is 2.81 bits per heavy atom. The van der Waals surface area contributed by atoms with Gasteiger partial charge in [-0.05, 0) is 34.5 Å². The van der Waals surface area contributed by atoms with Gasteiger partial charge in [-0.15, -0.1) is 0 Å². The summed E-state index contributed by atoms with van der Waals surface area (Å²) in [7, 11) is 1.83. The van der Waals surface area contributed by atoms with Crippen molar-refractivity contribution in [3.8, 4) is 11.6 Å². The molecule has 1 N–H and O–H groups in total. The van der Waals surface area contributed by atoms with Gasteiger partial charge in [0.25, 0.3) is 0 Å². The second kappa shape index (κ2) is 4.65. The summed E-state index contributed by atoms with van der Waals surface area (Å²) in [5.41, 5.74) is 0.964. The predicted molar refractivity (Wildman–Crippen MR) is 66.4 cm³/mol. The van der Waals surface area contributed by atoms with Gasteiger partial charge in [-0.1, -0.05) is 6.92 Å². The summed E-state index contributed by atoms with van der Waals surface area (Å²) in [6.07, 6.45) is 2.46. The summed E-state index contributed by atoms with van der Waals surface area (Å²) in [5.74, 6) is 2.06. The lowest BCUT2D eigenvalue weighted by Gasteiger charge is -2.08. The Morgan fingerprint density at radius 2 is 2.25 bits per heavy atom. The third-order valence-electron chi connectivity index (χ3n) is 2.23. The molecule has 0 fully saturated rings. The van der Waals surface area contributed by atoms with Crippen LogP contribution >= 0.6 is 15.9 Å². The van der Waals surface area contributed by atoms with Crippen molar-refractivity contribution >= 4 is 21.7 Å². The molecule has 0 aliphatic rings. The van der Waals surface area contributed by atoms with Crippen molar-refractivity contribution in [1.82, 2.24) is 9.97 Å². The fourth-order valence-electron chi connectivity index (χ4n) is 1.41. The van der Waals surface area contributed by atoms with Crippen LogP contribution in [-0.4, -0.2) is 17.0 Å². The van der Waals surface area contributed by atoms with Gasteiger partial charge in [0.2, 0.25) is 0 Å². The van der Waals surface area contributed by atoms with Gasteiger partial charge in [-0.25, -0.2) is 9.97 Å². The minimum atomic E-state index is 0.606. The third kappa shape index (κ3) is 1.95. The van der Waals surface area contributed by atoms with E-state index in [4.69, 9.17) is 4.42 Å². The molecule has 0 saturated heterocycles. The van der Waals surface area contributed by atoms with Crippen LogP contribution in [0.1, 0.15) is 12.6 Å². The van der Waals surface area contributed by atoms with Crippen molar-refractivity contribution in [3.63, 3.8) is 0 Å². The van der Waals surface area contributed by atoms with Crippen molar-refractivity contribution < 1.29 is 4.42 Å². The number of hydrogen-bond donors (Lipinski definition) is 1. The second-order valence-electron chi connectivity index (χ2n) is 3.24. The number of aromatic nitrogens is 2. The van der Waals surface area contributed by atoms with E-state index in [1.54, 1.807) is 6.26 Å². The molecular formula is C11H12BrN3O. The molecule has 4 nitrogen and oxygen atoms in total. The van der Waals surface area contributed by atoms with Crippen molar-refractivity contribution in [2.24, 2.45) is 0 Å². The van der Waals surface area contributed by atoms with E-state index < -0.39 is 0 Å². The Balaban J connectivity index is 2.56. The molecule has 2 aromatic heterocycles. The molecule has 0 atom stereocenters. The zero-order valence-electron chi connectivity index (χ0n) is 9.12. The van der Waals surface area contributed by atoms with Crippen LogP contribution in [0.4, 0.5) is 5.82 Å². The van der Waals surface area contributed by atoms with E-state index in [1.165, 1.54) is 0 Å². The molecular weight excluding hydrogens is 270 g/mol. The van der Waals surface area contributed by atoms with Crippen LogP contribution in [0.3, 0.4) is 0 Å². The van der Waals surface area contributed by atoms with Crippen molar-refractivity contribution in [3.05, 3.63) is 28.6 Å². The lowest BCUT2D eigenvalue weighted by atomic mass is 10.3. The maximum Gasteiger partial charge on any atom is 0.197 e. The highest BCUT2D eigenvalue weighted by molar-refractivity contribution is 9.10. The molecule has 2 aromatic rings. The number of hydrogen-bond acceptors (Lipinski definition) is 4. The number of anilines is 1. The lowest BCUT2D eigenvalue weighted by Crippen LogP contribution is -2.02. The van der Waals surface area contributed by atoms with Crippen LogP contribution < -0.4 is 5.32 Å². The first kappa shape index (κ1) is 11.1. The van der Waals surface area contributed by atoms with E-state index in [0.717, 1.165) is 22.4 Å². The molecule has 0 spiro atoms. The first-order valence-corrected chi connectivity index (χ1v) is 5.83. The largest absolute Gasteiger partial charge is 0.461 e. The maximum absolute atomic E-state index is 5.29. The molecule has 2 heterocycles. The van der Waals surface area contributed by atoms with E-state index in [1.807, 2.05) is 19.2 Å². The smallest absolute Gasteiger partial charge is 0.197 e. The zero-order chi connectivity index (χ0) is 11.5. The minimum absolute atomic E-state index is 0.606. The number of nitrogens with zero attached hydrogens (tertiary/aromatic N) is 2. The molecule has 0 aromatic carbocycles. The van der Waals surface area contributed by atoms with Gasteiger partial charge in [0.15, 0.2) is 11.6 Å². The normalized spacial score (nSPS) is 10.4. The highest BCUT2D eigenvalue weighted by atomic mass is 79.9. The molecule has 0 amide bonds. The molecule has 5 heteroatoms. The molecule has 0 aliphatic carbocycles. The number of rotatable bonds is 3.